The average Bonchev–Trinajstić information content (AvgIpc) is 3.33. The Labute approximate surface area is 193 Å². The van der Waals surface area contributed by atoms with Crippen LogP contribution in [0.1, 0.15) is 16.8 Å². The molecule has 4 rings (SSSR count). The number of carbonyl (C=O) groups is 1. The van der Waals surface area contributed by atoms with Crippen molar-refractivity contribution in [3.05, 3.63) is 64.5 Å². The van der Waals surface area contributed by atoms with Crippen LogP contribution in [0.4, 0.5) is 14.5 Å². The molecule has 1 N–H and O–H groups in total. The van der Waals surface area contributed by atoms with Crippen LogP contribution >= 0.6 is 15.9 Å². The number of anilines is 1. The largest absolute Gasteiger partial charge is 0.492 e. The van der Waals surface area contributed by atoms with E-state index in [0.717, 1.165) is 22.3 Å². The molecule has 1 atom stereocenters. The molecule has 0 unspecified atom stereocenters. The van der Waals surface area contributed by atoms with Gasteiger partial charge in [0.25, 0.3) is 5.91 Å². The van der Waals surface area contributed by atoms with Crippen LogP contribution < -0.4 is 10.1 Å². The summed E-state index contributed by atoms with van der Waals surface area (Å²) >= 11 is 3.52. The Balaban J connectivity index is 1.55. The molecular weight excluding hydrogens is 482 g/mol. The summed E-state index contributed by atoms with van der Waals surface area (Å²) in [5.41, 5.74) is 2.28. The molecular formula is C23H23BrF2N4O2. The van der Waals surface area contributed by atoms with Crippen molar-refractivity contribution in [3.8, 4) is 17.0 Å². The van der Waals surface area contributed by atoms with E-state index in [9.17, 15) is 13.6 Å². The number of aryl methyl sites for hydroxylation is 1. The smallest absolute Gasteiger partial charge is 0.255 e. The van der Waals surface area contributed by atoms with Crippen molar-refractivity contribution in [2.24, 2.45) is 7.05 Å². The van der Waals surface area contributed by atoms with Crippen LogP contribution in [0.15, 0.2) is 53.1 Å². The molecule has 2 aromatic carbocycles. The van der Waals surface area contributed by atoms with Gasteiger partial charge in [-0.05, 0) is 58.7 Å². The minimum atomic E-state index is -0.767. The third-order valence-corrected chi connectivity index (χ3v) is 5.93. The van der Waals surface area contributed by atoms with Crippen LogP contribution in [0.2, 0.25) is 0 Å². The fourth-order valence-corrected chi connectivity index (χ4v) is 4.30. The number of amides is 1. The van der Waals surface area contributed by atoms with Gasteiger partial charge in [0.2, 0.25) is 0 Å². The lowest BCUT2D eigenvalue weighted by atomic mass is 10.1. The van der Waals surface area contributed by atoms with Crippen LogP contribution in [-0.2, 0) is 7.05 Å². The summed E-state index contributed by atoms with van der Waals surface area (Å²) in [5.74, 6) is -0.268. The Hall–Kier alpha value is -2.78. The number of aromatic nitrogens is 2. The molecule has 9 heteroatoms. The number of nitrogens with zero attached hydrogens (tertiary/aromatic N) is 3. The number of nitrogens with one attached hydrogen (secondary N) is 1. The second-order valence-electron chi connectivity index (χ2n) is 7.68. The van der Waals surface area contributed by atoms with Gasteiger partial charge in [-0.15, -0.1) is 0 Å². The number of benzene rings is 2. The Morgan fingerprint density at radius 1 is 1.31 bits per heavy atom. The van der Waals surface area contributed by atoms with Crippen molar-refractivity contribution in [3.63, 3.8) is 0 Å². The maximum atomic E-state index is 13.5. The molecule has 1 amide bonds. The number of halogens is 3. The van der Waals surface area contributed by atoms with Gasteiger partial charge in [0.15, 0.2) is 0 Å². The van der Waals surface area contributed by atoms with Gasteiger partial charge < -0.3 is 10.1 Å². The monoisotopic (exact) mass is 504 g/mol. The zero-order chi connectivity index (χ0) is 22.7. The summed E-state index contributed by atoms with van der Waals surface area (Å²) in [5, 5.41) is 7.07. The van der Waals surface area contributed by atoms with Crippen molar-refractivity contribution in [2.45, 2.75) is 12.6 Å². The number of carbonyl (C=O) groups excluding carboxylic acids is 1. The molecule has 2 heterocycles. The first kappa shape index (κ1) is 22.4. The number of hydrogen-bond donors (Lipinski definition) is 1. The average molecular weight is 505 g/mol. The molecule has 1 aromatic heterocycles. The van der Waals surface area contributed by atoms with Crippen molar-refractivity contribution < 1.29 is 18.3 Å². The van der Waals surface area contributed by atoms with Crippen LogP contribution in [-0.4, -0.2) is 53.0 Å². The van der Waals surface area contributed by atoms with E-state index in [2.05, 4.69) is 26.3 Å². The van der Waals surface area contributed by atoms with E-state index >= 15 is 0 Å². The lowest BCUT2D eigenvalue weighted by Crippen LogP contribution is -2.26. The van der Waals surface area contributed by atoms with E-state index in [1.165, 1.54) is 18.2 Å². The predicted octanol–water partition coefficient (Wildman–Crippen LogP) is 4.66. The fraction of sp³-hybridized carbons (Fsp3) is 0.304. The minimum Gasteiger partial charge on any atom is -0.492 e. The SMILES string of the molecule is Cn1ncc(Br)c1-c1cc(NC(=O)c2cccc(F)c2)ccc1OCCN1CC[C@H](F)C1. The molecule has 1 fully saturated rings. The van der Waals surface area contributed by atoms with Crippen LogP contribution in [0.25, 0.3) is 11.3 Å². The Morgan fingerprint density at radius 2 is 2.16 bits per heavy atom. The molecule has 0 spiro atoms. The summed E-state index contributed by atoms with van der Waals surface area (Å²) in [4.78, 5) is 14.6. The van der Waals surface area contributed by atoms with Gasteiger partial charge >= 0.3 is 0 Å². The topological polar surface area (TPSA) is 59.4 Å². The van der Waals surface area contributed by atoms with Crippen LogP contribution in [0.5, 0.6) is 5.75 Å². The number of ether oxygens (including phenoxy) is 1. The summed E-state index contributed by atoms with van der Waals surface area (Å²) in [6.45, 7) is 2.21. The second-order valence-corrected chi connectivity index (χ2v) is 8.53. The number of likely N-dealkylation sites (tertiary alicyclic amines) is 1. The first-order valence-corrected chi connectivity index (χ1v) is 11.1. The molecule has 0 bridgehead atoms. The van der Waals surface area contributed by atoms with E-state index in [1.54, 1.807) is 35.1 Å². The quantitative estimate of drug-likeness (QED) is 0.508. The highest BCUT2D eigenvalue weighted by Crippen LogP contribution is 2.37. The minimum absolute atomic E-state index is 0.227. The highest BCUT2D eigenvalue weighted by atomic mass is 79.9. The molecule has 3 aromatic rings. The third-order valence-electron chi connectivity index (χ3n) is 5.35. The first-order valence-electron chi connectivity index (χ1n) is 10.3. The predicted molar refractivity (Wildman–Crippen MR) is 122 cm³/mol. The summed E-state index contributed by atoms with van der Waals surface area (Å²) in [6.07, 6.45) is 1.48. The molecule has 1 aliphatic rings. The molecule has 1 aliphatic heterocycles. The summed E-state index contributed by atoms with van der Waals surface area (Å²) in [6, 6.07) is 10.8. The molecule has 168 valence electrons. The summed E-state index contributed by atoms with van der Waals surface area (Å²) in [7, 11) is 1.81. The standard InChI is InChI=1S/C23H23BrF2N4O2/c1-29-22(20(24)13-27-29)19-12-18(28-23(31)15-3-2-4-16(25)11-15)5-6-21(19)32-10-9-30-8-7-17(26)14-30/h2-6,11-13,17H,7-10,14H2,1H3,(H,28,31)/t17-/m0/s1. The lowest BCUT2D eigenvalue weighted by molar-refractivity contribution is 0.102. The molecule has 1 saturated heterocycles. The Bertz CT molecular complexity index is 1100. The van der Waals surface area contributed by atoms with Gasteiger partial charge in [-0.2, -0.15) is 5.10 Å². The zero-order valence-corrected chi connectivity index (χ0v) is 19.1. The maximum Gasteiger partial charge on any atom is 0.255 e. The zero-order valence-electron chi connectivity index (χ0n) is 17.5. The number of hydrogen-bond acceptors (Lipinski definition) is 4. The molecule has 0 radical (unpaired) electrons. The normalized spacial score (nSPS) is 16.3. The summed E-state index contributed by atoms with van der Waals surface area (Å²) < 4.78 is 35.4. The van der Waals surface area contributed by atoms with Gasteiger partial charge in [-0.1, -0.05) is 6.07 Å². The van der Waals surface area contributed by atoms with Crippen LogP contribution in [0.3, 0.4) is 0 Å². The van der Waals surface area contributed by atoms with Gasteiger partial charge in [-0.25, -0.2) is 8.78 Å². The number of alkyl halides is 1. The van der Waals surface area contributed by atoms with Gasteiger partial charge in [0.05, 0.1) is 16.4 Å². The van der Waals surface area contributed by atoms with Gasteiger partial charge in [-0.3, -0.25) is 14.4 Å². The molecule has 0 aliphatic carbocycles. The van der Waals surface area contributed by atoms with E-state index in [4.69, 9.17) is 4.74 Å². The van der Waals surface area contributed by atoms with Gasteiger partial charge in [0.1, 0.15) is 24.3 Å². The van der Waals surface area contributed by atoms with E-state index < -0.39 is 17.9 Å². The third kappa shape index (κ3) is 5.16. The van der Waals surface area contributed by atoms with E-state index in [-0.39, 0.29) is 5.56 Å². The van der Waals surface area contributed by atoms with Crippen molar-refractivity contribution in [1.82, 2.24) is 14.7 Å². The molecule has 0 saturated carbocycles. The Morgan fingerprint density at radius 3 is 2.84 bits per heavy atom. The maximum absolute atomic E-state index is 13.5. The van der Waals surface area contributed by atoms with Crippen molar-refractivity contribution in [2.75, 3.05) is 31.6 Å². The van der Waals surface area contributed by atoms with Gasteiger partial charge in [0, 0.05) is 43.5 Å². The molecule has 32 heavy (non-hydrogen) atoms. The van der Waals surface area contributed by atoms with Crippen molar-refractivity contribution in [1.29, 1.82) is 0 Å². The number of rotatable bonds is 7. The Kier molecular flexibility index (Phi) is 6.86. The van der Waals surface area contributed by atoms with Crippen molar-refractivity contribution >= 4 is 27.5 Å². The first-order chi connectivity index (χ1) is 15.4. The van der Waals surface area contributed by atoms with E-state index in [0.29, 0.717) is 37.6 Å². The lowest BCUT2D eigenvalue weighted by Gasteiger charge is -2.18. The highest BCUT2D eigenvalue weighted by molar-refractivity contribution is 9.10. The molecule has 6 nitrogen and oxygen atoms in total. The fourth-order valence-electron chi connectivity index (χ4n) is 3.74. The second kappa shape index (κ2) is 9.79. The van der Waals surface area contributed by atoms with Crippen LogP contribution in [0, 0.1) is 5.82 Å². The highest BCUT2D eigenvalue weighted by Gasteiger charge is 2.22. The van der Waals surface area contributed by atoms with E-state index in [1.807, 2.05) is 11.9 Å².